The summed E-state index contributed by atoms with van der Waals surface area (Å²) in [6, 6.07) is 14.6. The molecule has 4 nitrogen and oxygen atoms in total. The van der Waals surface area contributed by atoms with Gasteiger partial charge in [-0.15, -0.1) is 0 Å². The first-order valence-electron chi connectivity index (χ1n) is 6.80. The van der Waals surface area contributed by atoms with Gasteiger partial charge in [-0.25, -0.2) is 5.43 Å². The molecule has 0 aliphatic carbocycles. The van der Waals surface area contributed by atoms with Gasteiger partial charge in [-0.05, 0) is 54.4 Å². The maximum absolute atomic E-state index is 11.9. The molecule has 0 saturated carbocycles. The van der Waals surface area contributed by atoms with Gasteiger partial charge < -0.3 is 4.74 Å². The van der Waals surface area contributed by atoms with Crippen LogP contribution >= 0.6 is 11.6 Å². The monoisotopic (exact) mass is 316 g/mol. The number of rotatable bonds is 5. The van der Waals surface area contributed by atoms with Crippen LogP contribution in [-0.4, -0.2) is 18.7 Å². The Morgan fingerprint density at radius 1 is 1.14 bits per heavy atom. The van der Waals surface area contributed by atoms with E-state index in [1.165, 1.54) is 0 Å². The zero-order valence-electron chi connectivity index (χ0n) is 12.5. The minimum absolute atomic E-state index is 0.171. The van der Waals surface area contributed by atoms with E-state index in [2.05, 4.69) is 10.5 Å². The van der Waals surface area contributed by atoms with Crippen LogP contribution in [0, 0.1) is 0 Å². The Labute approximate surface area is 134 Å². The van der Waals surface area contributed by atoms with Crippen LogP contribution in [0.3, 0.4) is 0 Å². The number of ether oxygens (including phenoxy) is 1. The molecule has 0 aliphatic heterocycles. The number of hydrazone groups is 1. The molecular weight excluding hydrogens is 300 g/mol. The topological polar surface area (TPSA) is 50.7 Å². The molecule has 0 bridgehead atoms. The normalized spacial score (nSPS) is 11.1. The van der Waals surface area contributed by atoms with E-state index in [0.29, 0.717) is 5.02 Å². The van der Waals surface area contributed by atoms with Gasteiger partial charge in [0.1, 0.15) is 5.75 Å². The van der Waals surface area contributed by atoms with Crippen molar-refractivity contribution in [2.24, 2.45) is 5.10 Å². The molecule has 0 radical (unpaired) electrons. The van der Waals surface area contributed by atoms with Crippen molar-refractivity contribution in [3.05, 3.63) is 64.7 Å². The first-order valence-corrected chi connectivity index (χ1v) is 7.18. The van der Waals surface area contributed by atoms with Crippen molar-refractivity contribution in [3.8, 4) is 5.75 Å². The molecule has 2 aromatic rings. The number of benzene rings is 2. The van der Waals surface area contributed by atoms with E-state index in [0.717, 1.165) is 22.6 Å². The van der Waals surface area contributed by atoms with Crippen molar-refractivity contribution in [1.29, 1.82) is 0 Å². The third kappa shape index (κ3) is 4.60. The maximum Gasteiger partial charge on any atom is 0.244 e. The molecule has 0 heterocycles. The molecule has 0 spiro atoms. The summed E-state index contributed by atoms with van der Waals surface area (Å²) < 4.78 is 5.10. The van der Waals surface area contributed by atoms with Gasteiger partial charge >= 0.3 is 0 Å². The molecule has 1 amide bonds. The minimum Gasteiger partial charge on any atom is -0.497 e. The zero-order chi connectivity index (χ0) is 15.9. The second-order valence-corrected chi connectivity index (χ2v) is 5.20. The van der Waals surface area contributed by atoms with E-state index in [1.54, 1.807) is 19.2 Å². The average Bonchev–Trinajstić information content (AvgIpc) is 2.55. The molecular formula is C17H17ClN2O2. The molecule has 5 heteroatoms. The summed E-state index contributed by atoms with van der Waals surface area (Å²) in [6.45, 7) is 1.84. The molecule has 1 N–H and O–H groups in total. The Morgan fingerprint density at radius 3 is 2.36 bits per heavy atom. The molecule has 2 aromatic carbocycles. The zero-order valence-corrected chi connectivity index (χ0v) is 13.2. The highest BCUT2D eigenvalue weighted by molar-refractivity contribution is 6.30. The number of methoxy groups -OCH3 is 1. The van der Waals surface area contributed by atoms with Crippen molar-refractivity contribution in [2.45, 2.75) is 13.3 Å². The van der Waals surface area contributed by atoms with E-state index in [-0.39, 0.29) is 12.3 Å². The number of nitrogens with zero attached hydrogens (tertiary/aromatic N) is 1. The third-order valence-electron chi connectivity index (χ3n) is 3.13. The van der Waals surface area contributed by atoms with Crippen molar-refractivity contribution in [3.63, 3.8) is 0 Å². The highest BCUT2D eigenvalue weighted by Gasteiger charge is 2.03. The lowest BCUT2D eigenvalue weighted by atomic mass is 10.1. The van der Waals surface area contributed by atoms with Crippen LogP contribution in [0.5, 0.6) is 5.75 Å². The van der Waals surface area contributed by atoms with Gasteiger partial charge in [-0.3, -0.25) is 4.79 Å². The summed E-state index contributed by atoms with van der Waals surface area (Å²) in [4.78, 5) is 11.9. The number of halogens is 1. The van der Waals surface area contributed by atoms with Gasteiger partial charge in [0.2, 0.25) is 5.91 Å². The van der Waals surface area contributed by atoms with Crippen LogP contribution in [0.1, 0.15) is 18.1 Å². The minimum atomic E-state index is -0.171. The predicted molar refractivity (Wildman–Crippen MR) is 88.5 cm³/mol. The maximum atomic E-state index is 11.9. The lowest BCUT2D eigenvalue weighted by Crippen LogP contribution is -2.21. The molecule has 2 rings (SSSR count). The highest BCUT2D eigenvalue weighted by Crippen LogP contribution is 2.12. The third-order valence-corrected chi connectivity index (χ3v) is 3.39. The number of amides is 1. The first kappa shape index (κ1) is 16.0. The van der Waals surface area contributed by atoms with Gasteiger partial charge in [0.15, 0.2) is 0 Å². The van der Waals surface area contributed by atoms with Crippen LogP contribution in [0.4, 0.5) is 0 Å². The van der Waals surface area contributed by atoms with E-state index in [4.69, 9.17) is 16.3 Å². The standard InChI is InChI=1S/C17H17ClN2O2/c1-12(14-5-9-16(22-2)10-6-14)19-20-17(21)11-13-3-7-15(18)8-4-13/h3-10H,11H2,1-2H3,(H,20,21). The Bertz CT molecular complexity index is 664. The number of nitrogens with one attached hydrogen (secondary N) is 1. The average molecular weight is 317 g/mol. The molecule has 0 aliphatic rings. The van der Waals surface area contributed by atoms with Crippen LogP contribution in [0.2, 0.25) is 5.02 Å². The van der Waals surface area contributed by atoms with Crippen LogP contribution < -0.4 is 10.2 Å². The quantitative estimate of drug-likeness (QED) is 0.678. The Morgan fingerprint density at radius 2 is 1.77 bits per heavy atom. The smallest absolute Gasteiger partial charge is 0.244 e. The molecule has 0 atom stereocenters. The SMILES string of the molecule is COc1ccc(C(C)=NNC(=O)Cc2ccc(Cl)cc2)cc1. The molecule has 0 saturated heterocycles. The van der Waals surface area contributed by atoms with Crippen molar-refractivity contribution < 1.29 is 9.53 Å². The fraction of sp³-hybridized carbons (Fsp3) is 0.176. The lowest BCUT2D eigenvalue weighted by molar-refractivity contribution is -0.120. The molecule has 0 aromatic heterocycles. The Kier molecular flexibility index (Phi) is 5.55. The molecule has 114 valence electrons. The number of hydrogen-bond acceptors (Lipinski definition) is 3. The summed E-state index contributed by atoms with van der Waals surface area (Å²) in [5.74, 6) is 0.610. The summed E-state index contributed by atoms with van der Waals surface area (Å²) >= 11 is 5.81. The molecule has 22 heavy (non-hydrogen) atoms. The van der Waals surface area contributed by atoms with Crippen molar-refractivity contribution >= 4 is 23.2 Å². The fourth-order valence-electron chi connectivity index (χ4n) is 1.87. The first-order chi connectivity index (χ1) is 10.6. The summed E-state index contributed by atoms with van der Waals surface area (Å²) in [5, 5.41) is 4.76. The van der Waals surface area contributed by atoms with E-state index < -0.39 is 0 Å². The summed E-state index contributed by atoms with van der Waals surface area (Å²) in [7, 11) is 1.62. The van der Waals surface area contributed by atoms with E-state index in [9.17, 15) is 4.79 Å². The second-order valence-electron chi connectivity index (χ2n) is 4.76. The van der Waals surface area contributed by atoms with Gasteiger partial charge in [-0.2, -0.15) is 5.10 Å². The predicted octanol–water partition coefficient (Wildman–Crippen LogP) is 3.43. The van der Waals surface area contributed by atoms with Gasteiger partial charge in [0.25, 0.3) is 0 Å². The second kappa shape index (κ2) is 7.61. The highest BCUT2D eigenvalue weighted by atomic mass is 35.5. The summed E-state index contributed by atoms with van der Waals surface area (Å²) in [6.07, 6.45) is 0.260. The van der Waals surface area contributed by atoms with Gasteiger partial charge in [0.05, 0.1) is 19.2 Å². The molecule has 0 fully saturated rings. The lowest BCUT2D eigenvalue weighted by Gasteiger charge is -2.05. The largest absolute Gasteiger partial charge is 0.497 e. The van der Waals surface area contributed by atoms with E-state index >= 15 is 0 Å². The van der Waals surface area contributed by atoms with Crippen LogP contribution in [-0.2, 0) is 11.2 Å². The number of carbonyl (C=O) groups excluding carboxylic acids is 1. The number of carbonyl (C=O) groups is 1. The van der Waals surface area contributed by atoms with Crippen molar-refractivity contribution in [1.82, 2.24) is 5.43 Å². The van der Waals surface area contributed by atoms with Crippen LogP contribution in [0.25, 0.3) is 0 Å². The fourth-order valence-corrected chi connectivity index (χ4v) is 2.00. The summed E-state index contributed by atoms with van der Waals surface area (Å²) in [5.41, 5.74) is 5.10. The molecule has 0 unspecified atom stereocenters. The Hall–Kier alpha value is -2.33. The van der Waals surface area contributed by atoms with E-state index in [1.807, 2.05) is 43.3 Å². The Balaban J connectivity index is 1.94. The van der Waals surface area contributed by atoms with Gasteiger partial charge in [0, 0.05) is 5.02 Å². The number of hydrogen-bond donors (Lipinski definition) is 1. The van der Waals surface area contributed by atoms with Crippen LogP contribution in [0.15, 0.2) is 53.6 Å². The van der Waals surface area contributed by atoms with Crippen molar-refractivity contribution in [2.75, 3.05) is 7.11 Å². The van der Waals surface area contributed by atoms with Gasteiger partial charge in [-0.1, -0.05) is 23.7 Å².